The third-order valence-corrected chi connectivity index (χ3v) is 5.69. The highest BCUT2D eigenvalue weighted by molar-refractivity contribution is 5.92. The summed E-state index contributed by atoms with van der Waals surface area (Å²) < 4.78 is 10.9. The Balaban J connectivity index is 1.30. The van der Waals surface area contributed by atoms with E-state index in [1.807, 2.05) is 11.8 Å². The standard InChI is InChI=1S/C19H27N3O4/c1-12-10-14(7-8-22(12)19(24)16-4-2-3-9-25-16)20-18(23)15-11-17(26-21-15)13-5-6-13/h11-14,16H,2-10H2,1H3,(H,20,23). The zero-order valence-corrected chi connectivity index (χ0v) is 15.3. The summed E-state index contributed by atoms with van der Waals surface area (Å²) in [6.45, 7) is 3.37. The molecule has 3 heterocycles. The van der Waals surface area contributed by atoms with E-state index in [4.69, 9.17) is 9.26 Å². The Morgan fingerprint density at radius 2 is 2.08 bits per heavy atom. The lowest BCUT2D eigenvalue weighted by Crippen LogP contribution is -2.54. The number of carbonyl (C=O) groups is 2. The van der Waals surface area contributed by atoms with Crippen molar-refractivity contribution in [1.29, 1.82) is 0 Å². The van der Waals surface area contributed by atoms with Crippen LogP contribution in [0.5, 0.6) is 0 Å². The van der Waals surface area contributed by atoms with Crippen molar-refractivity contribution in [3.8, 4) is 0 Å². The number of aromatic nitrogens is 1. The van der Waals surface area contributed by atoms with Crippen LogP contribution in [0.2, 0.25) is 0 Å². The molecule has 3 atom stereocenters. The Hall–Kier alpha value is -1.89. The van der Waals surface area contributed by atoms with Crippen LogP contribution in [0.4, 0.5) is 0 Å². The van der Waals surface area contributed by atoms with Crippen LogP contribution in [-0.2, 0) is 9.53 Å². The summed E-state index contributed by atoms with van der Waals surface area (Å²) in [7, 11) is 0. The molecule has 1 aromatic heterocycles. The summed E-state index contributed by atoms with van der Waals surface area (Å²) >= 11 is 0. The second-order valence-electron chi connectivity index (χ2n) is 7.82. The predicted molar refractivity (Wildman–Crippen MR) is 93.7 cm³/mol. The molecule has 1 aromatic rings. The number of nitrogens with one attached hydrogen (secondary N) is 1. The second-order valence-corrected chi connectivity index (χ2v) is 7.82. The molecule has 3 aliphatic rings. The van der Waals surface area contributed by atoms with Gasteiger partial charge in [0.05, 0.1) is 0 Å². The van der Waals surface area contributed by atoms with E-state index < -0.39 is 0 Å². The lowest BCUT2D eigenvalue weighted by Gasteiger charge is -2.40. The van der Waals surface area contributed by atoms with Crippen LogP contribution in [0.1, 0.15) is 74.0 Å². The van der Waals surface area contributed by atoms with Gasteiger partial charge in [-0.05, 0) is 51.9 Å². The van der Waals surface area contributed by atoms with Gasteiger partial charge in [-0.25, -0.2) is 0 Å². The summed E-state index contributed by atoms with van der Waals surface area (Å²) in [6, 6.07) is 1.90. The summed E-state index contributed by atoms with van der Waals surface area (Å²) in [5.41, 5.74) is 0.355. The zero-order valence-electron chi connectivity index (χ0n) is 15.3. The molecule has 0 bridgehead atoms. The maximum atomic E-state index is 12.7. The minimum absolute atomic E-state index is 0.0508. The SMILES string of the molecule is CC1CC(NC(=O)c2cc(C3CC3)on2)CCN1C(=O)C1CCCCO1. The number of nitrogens with zero attached hydrogens (tertiary/aromatic N) is 2. The first kappa shape index (κ1) is 17.5. The number of ether oxygens (including phenoxy) is 1. The summed E-state index contributed by atoms with van der Waals surface area (Å²) in [5, 5.41) is 6.94. The normalized spacial score (nSPS) is 29.4. The van der Waals surface area contributed by atoms with E-state index >= 15 is 0 Å². The van der Waals surface area contributed by atoms with Crippen LogP contribution < -0.4 is 5.32 Å². The lowest BCUT2D eigenvalue weighted by atomic mass is 9.96. The molecule has 0 spiro atoms. The van der Waals surface area contributed by atoms with Crippen molar-refractivity contribution in [3.05, 3.63) is 17.5 Å². The monoisotopic (exact) mass is 361 g/mol. The van der Waals surface area contributed by atoms with Crippen LogP contribution >= 0.6 is 0 Å². The van der Waals surface area contributed by atoms with Gasteiger partial charge in [0.2, 0.25) is 0 Å². The summed E-state index contributed by atoms with van der Waals surface area (Å²) in [5.74, 6) is 1.18. The smallest absolute Gasteiger partial charge is 0.273 e. The number of piperidine rings is 1. The molecular formula is C19H27N3O4. The molecule has 0 aromatic carbocycles. The first-order valence-electron chi connectivity index (χ1n) is 9.81. The van der Waals surface area contributed by atoms with Gasteiger partial charge >= 0.3 is 0 Å². The van der Waals surface area contributed by atoms with Gasteiger partial charge in [-0.2, -0.15) is 0 Å². The van der Waals surface area contributed by atoms with Gasteiger partial charge in [0, 0.05) is 37.2 Å². The van der Waals surface area contributed by atoms with Gasteiger partial charge in [-0.3, -0.25) is 9.59 Å². The van der Waals surface area contributed by atoms with Gasteiger partial charge in [0.15, 0.2) is 5.69 Å². The molecule has 3 fully saturated rings. The largest absolute Gasteiger partial charge is 0.368 e. The van der Waals surface area contributed by atoms with Crippen LogP contribution in [0.3, 0.4) is 0 Å². The Bertz CT molecular complexity index is 663. The fraction of sp³-hybridized carbons (Fsp3) is 0.737. The average molecular weight is 361 g/mol. The van der Waals surface area contributed by atoms with Gasteiger partial charge in [0.1, 0.15) is 11.9 Å². The first-order valence-corrected chi connectivity index (χ1v) is 9.81. The highest BCUT2D eigenvalue weighted by Crippen LogP contribution is 2.40. The van der Waals surface area contributed by atoms with Crippen molar-refractivity contribution in [3.63, 3.8) is 0 Å². The molecule has 2 amide bonds. The molecule has 3 unspecified atom stereocenters. The van der Waals surface area contributed by atoms with E-state index in [1.165, 1.54) is 0 Å². The first-order chi connectivity index (χ1) is 12.6. The van der Waals surface area contributed by atoms with Crippen LogP contribution in [0.25, 0.3) is 0 Å². The van der Waals surface area contributed by atoms with E-state index in [0.717, 1.165) is 50.7 Å². The zero-order chi connectivity index (χ0) is 18.1. The van der Waals surface area contributed by atoms with Crippen LogP contribution in [-0.4, -0.2) is 53.2 Å². The number of rotatable bonds is 4. The highest BCUT2D eigenvalue weighted by Gasteiger charge is 2.35. The molecule has 2 saturated heterocycles. The van der Waals surface area contributed by atoms with Gasteiger partial charge in [-0.1, -0.05) is 5.16 Å². The van der Waals surface area contributed by atoms with E-state index in [9.17, 15) is 9.59 Å². The molecule has 1 aliphatic carbocycles. The minimum atomic E-state index is -0.284. The molecule has 7 nitrogen and oxygen atoms in total. The highest BCUT2D eigenvalue weighted by atomic mass is 16.5. The van der Waals surface area contributed by atoms with E-state index in [1.54, 1.807) is 6.07 Å². The fourth-order valence-electron chi connectivity index (χ4n) is 3.97. The van der Waals surface area contributed by atoms with Gasteiger partial charge in [0.25, 0.3) is 11.8 Å². The molecule has 0 radical (unpaired) electrons. The molecule has 7 heteroatoms. The number of hydrogen-bond donors (Lipinski definition) is 1. The molecule has 1 N–H and O–H groups in total. The molecule has 2 aliphatic heterocycles. The molecular weight excluding hydrogens is 334 g/mol. The Morgan fingerprint density at radius 3 is 2.77 bits per heavy atom. The molecule has 26 heavy (non-hydrogen) atoms. The maximum Gasteiger partial charge on any atom is 0.273 e. The van der Waals surface area contributed by atoms with E-state index in [2.05, 4.69) is 10.5 Å². The van der Waals surface area contributed by atoms with Gasteiger partial charge < -0.3 is 19.5 Å². The number of likely N-dealkylation sites (tertiary alicyclic amines) is 1. The number of amides is 2. The van der Waals surface area contributed by atoms with Crippen molar-refractivity contribution >= 4 is 11.8 Å². The van der Waals surface area contributed by atoms with Crippen LogP contribution in [0, 0.1) is 0 Å². The molecule has 1 saturated carbocycles. The molecule has 142 valence electrons. The number of carbonyl (C=O) groups excluding carboxylic acids is 2. The third kappa shape index (κ3) is 3.77. The summed E-state index contributed by atoms with van der Waals surface area (Å²) in [6.07, 6.45) is 6.36. The van der Waals surface area contributed by atoms with Crippen molar-refractivity contribution in [2.45, 2.75) is 76.0 Å². The average Bonchev–Trinajstić information content (AvgIpc) is 3.38. The lowest BCUT2D eigenvalue weighted by molar-refractivity contribution is -0.150. The van der Waals surface area contributed by atoms with Gasteiger partial charge in [-0.15, -0.1) is 0 Å². The van der Waals surface area contributed by atoms with Crippen molar-refractivity contribution < 1.29 is 18.8 Å². The Kier molecular flexibility index (Phi) is 4.98. The Morgan fingerprint density at radius 1 is 1.23 bits per heavy atom. The van der Waals surface area contributed by atoms with Crippen molar-refractivity contribution in [1.82, 2.24) is 15.4 Å². The second kappa shape index (κ2) is 7.39. The Labute approximate surface area is 153 Å². The van der Waals surface area contributed by atoms with E-state index in [0.29, 0.717) is 24.8 Å². The van der Waals surface area contributed by atoms with Crippen LogP contribution in [0.15, 0.2) is 10.6 Å². The summed E-state index contributed by atoms with van der Waals surface area (Å²) in [4.78, 5) is 27.0. The molecule has 4 rings (SSSR count). The quantitative estimate of drug-likeness (QED) is 0.889. The fourth-order valence-corrected chi connectivity index (χ4v) is 3.97. The van der Waals surface area contributed by atoms with E-state index in [-0.39, 0.29) is 30.0 Å². The maximum absolute atomic E-state index is 12.7. The predicted octanol–water partition coefficient (Wildman–Crippen LogP) is 2.23. The topological polar surface area (TPSA) is 84.7 Å². The van der Waals surface area contributed by atoms with Crippen molar-refractivity contribution in [2.24, 2.45) is 0 Å². The van der Waals surface area contributed by atoms with Crippen molar-refractivity contribution in [2.75, 3.05) is 13.2 Å². The third-order valence-electron chi connectivity index (χ3n) is 5.69. The number of hydrogen-bond acceptors (Lipinski definition) is 5. The minimum Gasteiger partial charge on any atom is -0.368 e.